The van der Waals surface area contributed by atoms with Crippen molar-refractivity contribution in [3.63, 3.8) is 0 Å². The number of hydrogen-bond donors (Lipinski definition) is 0. The van der Waals surface area contributed by atoms with Crippen LogP contribution < -0.4 is 4.74 Å². The van der Waals surface area contributed by atoms with Gasteiger partial charge < -0.3 is 4.74 Å². The van der Waals surface area contributed by atoms with Crippen molar-refractivity contribution in [3.8, 4) is 5.75 Å². The molecule has 0 radical (unpaired) electrons. The maximum atomic E-state index is 6.85. The van der Waals surface area contributed by atoms with Gasteiger partial charge in [0.05, 0.1) is 11.8 Å². The van der Waals surface area contributed by atoms with Crippen molar-refractivity contribution in [1.29, 1.82) is 0 Å². The SMILES string of the molecule is Cc1ccc(C)c(C2=NN3C(C2)c2cc(Br)ccc2OC32CCC(c3ccccc3)CC2)c1. The van der Waals surface area contributed by atoms with Gasteiger partial charge in [-0.3, -0.25) is 0 Å². The van der Waals surface area contributed by atoms with Crippen LogP contribution in [0.2, 0.25) is 0 Å². The average molecular weight is 501 g/mol. The molecule has 33 heavy (non-hydrogen) atoms. The monoisotopic (exact) mass is 500 g/mol. The van der Waals surface area contributed by atoms with Gasteiger partial charge in [-0.05, 0) is 68.0 Å². The van der Waals surface area contributed by atoms with Gasteiger partial charge in [0, 0.05) is 34.9 Å². The van der Waals surface area contributed by atoms with Crippen molar-refractivity contribution < 1.29 is 4.74 Å². The van der Waals surface area contributed by atoms with Gasteiger partial charge in [-0.1, -0.05) is 64.0 Å². The minimum atomic E-state index is -0.365. The molecule has 2 heterocycles. The summed E-state index contributed by atoms with van der Waals surface area (Å²) in [5.74, 6) is 1.62. The molecule has 3 aliphatic rings. The molecule has 3 aromatic carbocycles. The summed E-state index contributed by atoms with van der Waals surface area (Å²) in [7, 11) is 0. The lowest BCUT2D eigenvalue weighted by Gasteiger charge is -2.50. The van der Waals surface area contributed by atoms with Gasteiger partial charge >= 0.3 is 0 Å². The van der Waals surface area contributed by atoms with E-state index in [0.717, 1.165) is 42.3 Å². The highest BCUT2D eigenvalue weighted by atomic mass is 79.9. The zero-order valence-electron chi connectivity index (χ0n) is 19.2. The first-order valence-electron chi connectivity index (χ1n) is 12.0. The molecule has 0 saturated heterocycles. The number of hydrogen-bond acceptors (Lipinski definition) is 3. The zero-order valence-corrected chi connectivity index (χ0v) is 20.8. The second kappa shape index (κ2) is 8.02. The van der Waals surface area contributed by atoms with Crippen molar-refractivity contribution in [2.75, 3.05) is 0 Å². The summed E-state index contributed by atoms with van der Waals surface area (Å²) in [6, 6.07) is 24.3. The van der Waals surface area contributed by atoms with Crippen LogP contribution in [0.3, 0.4) is 0 Å². The first-order valence-corrected chi connectivity index (χ1v) is 12.8. The van der Waals surface area contributed by atoms with Crippen LogP contribution in [0.5, 0.6) is 5.75 Å². The fourth-order valence-corrected chi connectivity index (χ4v) is 6.30. The summed E-state index contributed by atoms with van der Waals surface area (Å²) >= 11 is 3.68. The summed E-state index contributed by atoms with van der Waals surface area (Å²) in [4.78, 5) is 0. The molecule has 1 fully saturated rings. The molecule has 1 saturated carbocycles. The number of aryl methyl sites for hydroxylation is 2. The fraction of sp³-hybridized carbons (Fsp3) is 0.345. The Kier molecular flexibility index (Phi) is 5.10. The second-order valence-electron chi connectivity index (χ2n) is 9.84. The lowest BCUT2D eigenvalue weighted by atomic mass is 9.78. The van der Waals surface area contributed by atoms with E-state index in [0.29, 0.717) is 5.92 Å². The van der Waals surface area contributed by atoms with Gasteiger partial charge in [0.15, 0.2) is 5.72 Å². The predicted molar refractivity (Wildman–Crippen MR) is 137 cm³/mol. The van der Waals surface area contributed by atoms with E-state index < -0.39 is 0 Å². The number of rotatable bonds is 2. The number of fused-ring (bicyclic) bond motifs is 4. The number of hydrazone groups is 1. The Labute approximate surface area is 204 Å². The van der Waals surface area contributed by atoms with E-state index in [2.05, 4.69) is 102 Å². The normalized spacial score (nSPS) is 25.9. The van der Waals surface area contributed by atoms with Gasteiger partial charge in [-0.15, -0.1) is 0 Å². The largest absolute Gasteiger partial charge is 0.466 e. The number of benzene rings is 3. The smallest absolute Gasteiger partial charge is 0.198 e. The van der Waals surface area contributed by atoms with E-state index >= 15 is 0 Å². The zero-order chi connectivity index (χ0) is 22.6. The quantitative estimate of drug-likeness (QED) is 0.360. The molecule has 1 unspecified atom stereocenters. The number of nitrogens with zero attached hydrogens (tertiary/aromatic N) is 2. The molecule has 0 N–H and O–H groups in total. The van der Waals surface area contributed by atoms with E-state index in [1.165, 1.54) is 33.5 Å². The summed E-state index contributed by atoms with van der Waals surface area (Å²) < 4.78 is 7.94. The Balaban J connectivity index is 1.38. The minimum absolute atomic E-state index is 0.217. The molecule has 0 bridgehead atoms. The Morgan fingerprint density at radius 2 is 1.76 bits per heavy atom. The molecule has 0 amide bonds. The molecular weight excluding hydrogens is 472 g/mol. The Hall–Kier alpha value is -2.59. The third-order valence-electron chi connectivity index (χ3n) is 7.70. The van der Waals surface area contributed by atoms with Crippen LogP contribution in [0.1, 0.15) is 71.9 Å². The predicted octanol–water partition coefficient (Wildman–Crippen LogP) is 7.66. The van der Waals surface area contributed by atoms with Crippen LogP contribution in [0.15, 0.2) is 76.3 Å². The maximum Gasteiger partial charge on any atom is 0.198 e. The summed E-state index contributed by atoms with van der Waals surface area (Å²) in [6.07, 6.45) is 5.13. The Morgan fingerprint density at radius 1 is 0.970 bits per heavy atom. The second-order valence-corrected chi connectivity index (χ2v) is 10.8. The fourth-order valence-electron chi connectivity index (χ4n) is 5.92. The highest BCUT2D eigenvalue weighted by Gasteiger charge is 2.52. The van der Waals surface area contributed by atoms with E-state index in [-0.39, 0.29) is 11.8 Å². The molecule has 6 rings (SSSR count). The summed E-state index contributed by atoms with van der Waals surface area (Å²) in [5, 5.41) is 7.63. The molecule has 1 atom stereocenters. The highest BCUT2D eigenvalue weighted by molar-refractivity contribution is 9.10. The first kappa shape index (κ1) is 21.0. The number of ether oxygens (including phenoxy) is 1. The van der Waals surface area contributed by atoms with Crippen LogP contribution in [0.25, 0.3) is 0 Å². The Bertz CT molecular complexity index is 1230. The van der Waals surface area contributed by atoms with Crippen LogP contribution in [0.4, 0.5) is 0 Å². The topological polar surface area (TPSA) is 24.8 Å². The van der Waals surface area contributed by atoms with E-state index in [1.807, 2.05) is 0 Å². The van der Waals surface area contributed by atoms with Crippen LogP contribution in [0, 0.1) is 13.8 Å². The minimum Gasteiger partial charge on any atom is -0.466 e. The van der Waals surface area contributed by atoms with Crippen molar-refractivity contribution in [3.05, 3.63) is 99.0 Å². The molecule has 3 nitrogen and oxygen atoms in total. The average Bonchev–Trinajstić information content (AvgIpc) is 3.29. The van der Waals surface area contributed by atoms with Crippen molar-refractivity contribution >= 4 is 21.6 Å². The third-order valence-corrected chi connectivity index (χ3v) is 8.19. The molecule has 4 heteroatoms. The van der Waals surface area contributed by atoms with Crippen LogP contribution >= 0.6 is 15.9 Å². The van der Waals surface area contributed by atoms with Gasteiger partial charge in [0.1, 0.15) is 5.75 Å². The van der Waals surface area contributed by atoms with E-state index in [9.17, 15) is 0 Å². The first-order chi connectivity index (χ1) is 16.0. The highest BCUT2D eigenvalue weighted by Crippen LogP contribution is 2.53. The van der Waals surface area contributed by atoms with Crippen LogP contribution in [-0.2, 0) is 0 Å². The van der Waals surface area contributed by atoms with Crippen molar-refractivity contribution in [2.24, 2.45) is 5.10 Å². The standard InChI is InChI=1S/C29H29BrN2O/c1-19-8-9-20(2)24(16-19)26-18-27-25-17-23(30)10-11-28(25)33-29(32(27)31-26)14-12-22(13-15-29)21-6-4-3-5-7-21/h3-11,16-17,22,27H,12-15,18H2,1-2H3. The molecule has 168 valence electrons. The molecular formula is C29H29BrN2O. The number of halogens is 1. The van der Waals surface area contributed by atoms with E-state index in [4.69, 9.17) is 9.84 Å². The lowest BCUT2D eigenvalue weighted by molar-refractivity contribution is -0.142. The van der Waals surface area contributed by atoms with Crippen molar-refractivity contribution in [2.45, 2.75) is 63.6 Å². The van der Waals surface area contributed by atoms with Gasteiger partial charge in [-0.25, -0.2) is 5.01 Å². The van der Waals surface area contributed by atoms with Crippen molar-refractivity contribution in [1.82, 2.24) is 5.01 Å². The Morgan fingerprint density at radius 3 is 2.55 bits per heavy atom. The summed E-state index contributed by atoms with van der Waals surface area (Å²) in [5.41, 5.74) is 7.35. The van der Waals surface area contributed by atoms with Gasteiger partial charge in [0.2, 0.25) is 0 Å². The molecule has 0 aromatic heterocycles. The third kappa shape index (κ3) is 3.59. The summed E-state index contributed by atoms with van der Waals surface area (Å²) in [6.45, 7) is 4.35. The van der Waals surface area contributed by atoms with E-state index in [1.54, 1.807) is 0 Å². The molecule has 1 spiro atoms. The molecule has 2 aliphatic heterocycles. The van der Waals surface area contributed by atoms with Gasteiger partial charge in [-0.2, -0.15) is 5.10 Å². The van der Waals surface area contributed by atoms with Gasteiger partial charge in [0.25, 0.3) is 0 Å². The molecule has 3 aromatic rings. The maximum absolute atomic E-state index is 6.85. The van der Waals surface area contributed by atoms with Crippen LogP contribution in [-0.4, -0.2) is 16.4 Å². The molecule has 1 aliphatic carbocycles. The lowest BCUT2D eigenvalue weighted by Crippen LogP contribution is -2.55.